The number of esters is 3. The second-order valence-corrected chi connectivity index (χ2v) is 31.2. The first kappa shape index (κ1) is 64.2. The number of hydrogen-bond donors (Lipinski definition) is 0. The fourth-order valence-electron chi connectivity index (χ4n) is 10.2. The minimum Gasteiger partial charge on any atom is -0.455 e. The first-order valence-electron chi connectivity index (χ1n) is 28.1. The summed E-state index contributed by atoms with van der Waals surface area (Å²) in [5.41, 5.74) is -2.10. The van der Waals surface area contributed by atoms with E-state index in [4.69, 9.17) is 32.3 Å². The Bertz CT molecular complexity index is 2450. The third-order valence-corrected chi connectivity index (χ3v) is 20.1. The molecule has 0 aliphatic carbocycles. The molecule has 7 atom stereocenters. The van der Waals surface area contributed by atoms with Gasteiger partial charge in [-0.25, -0.2) is 4.79 Å². The van der Waals surface area contributed by atoms with Gasteiger partial charge in [-0.2, -0.15) is 8.42 Å². The van der Waals surface area contributed by atoms with Gasteiger partial charge in [-0.05, 0) is 122 Å². The van der Waals surface area contributed by atoms with Crippen molar-refractivity contribution in [2.24, 2.45) is 16.2 Å². The predicted octanol–water partition coefficient (Wildman–Crippen LogP) is 10.4. The number of piperidine rings is 1. The van der Waals surface area contributed by atoms with Crippen molar-refractivity contribution in [3.05, 3.63) is 96.6 Å². The molecule has 434 valence electrons. The quantitative estimate of drug-likeness (QED) is 0.0288. The molecule has 0 aromatic heterocycles. The van der Waals surface area contributed by atoms with E-state index in [2.05, 4.69) is 76.2 Å². The maximum absolute atomic E-state index is 14.9. The number of ether oxygens (including phenoxy) is 5. The average Bonchev–Trinajstić information content (AvgIpc) is 3.37. The lowest BCUT2D eigenvalue weighted by Crippen LogP contribution is -2.66. The van der Waals surface area contributed by atoms with Crippen LogP contribution in [-0.4, -0.2) is 126 Å². The lowest BCUT2D eigenvalue weighted by Gasteiger charge is -2.50. The number of unbranched alkanes of at least 4 members (excludes halogenated alkanes) is 3. The second-order valence-electron chi connectivity index (χ2n) is 25.3. The number of carbonyl (C=O) groups excluding carboxylic acids is 4. The summed E-state index contributed by atoms with van der Waals surface area (Å²) in [5, 5.41) is 2.13. The molecule has 2 fully saturated rings. The number of benzene rings is 3. The van der Waals surface area contributed by atoms with E-state index in [1.807, 2.05) is 52.3 Å². The molecule has 5 rings (SSSR count). The molecule has 78 heavy (non-hydrogen) atoms. The van der Waals surface area contributed by atoms with Crippen molar-refractivity contribution < 1.29 is 59.9 Å². The lowest BCUT2D eigenvalue weighted by atomic mass is 9.89. The summed E-state index contributed by atoms with van der Waals surface area (Å²) in [6.07, 6.45) is 0.189. The van der Waals surface area contributed by atoms with E-state index in [0.29, 0.717) is 38.8 Å². The smallest absolute Gasteiger partial charge is 0.410 e. The van der Waals surface area contributed by atoms with E-state index in [1.54, 1.807) is 62.3 Å². The van der Waals surface area contributed by atoms with Crippen LogP contribution in [0.15, 0.2) is 91.0 Å². The number of likely N-dealkylation sites (tertiary alicyclic amines) is 1. The Hall–Kier alpha value is -4.65. The average molecular weight is 1120 g/mol. The van der Waals surface area contributed by atoms with E-state index in [1.165, 1.54) is 10.4 Å². The number of rotatable bonds is 23. The fourth-order valence-corrected chi connectivity index (χ4v) is 15.5. The Morgan fingerprint density at radius 1 is 0.705 bits per heavy atom. The summed E-state index contributed by atoms with van der Waals surface area (Å²) < 4.78 is 70.4. The SMILES string of the molecule is CCCCC[C@@H](C[C@H]1CC(OS(C)(=O)=O)CCN1[C@H]1OC[C@@H](OC(=O)C(C)(C)C)C(OC(=O)C(C)(C)C)C1OC(=O)C(C)(C)C)N(CCCCO[Si](c1ccccc1)(c1ccccc1)C(C)(C)C)C(=O)OCc1ccccc1. The van der Waals surface area contributed by atoms with Crippen molar-refractivity contribution >= 4 is 52.8 Å². The number of carbonyl (C=O) groups is 4. The highest BCUT2D eigenvalue weighted by Crippen LogP contribution is 2.39. The zero-order chi connectivity index (χ0) is 57.7. The zero-order valence-corrected chi connectivity index (χ0v) is 51.0. The topological polar surface area (TPSA) is 174 Å². The maximum atomic E-state index is 14.9. The van der Waals surface area contributed by atoms with E-state index in [0.717, 1.165) is 31.1 Å². The van der Waals surface area contributed by atoms with Crippen LogP contribution in [0.5, 0.6) is 0 Å². The van der Waals surface area contributed by atoms with Crippen LogP contribution in [0.25, 0.3) is 0 Å². The van der Waals surface area contributed by atoms with Gasteiger partial charge in [-0.1, -0.05) is 138 Å². The normalized spacial score (nSPS) is 21.3. The molecule has 0 saturated carbocycles. The summed E-state index contributed by atoms with van der Waals surface area (Å²) in [4.78, 5) is 60.4. The standard InChI is InChI=1S/C61H92N2O13SSi/c1-15-16-20-31-45(63(57(67)71-42-44-29-21-17-22-30-44)37-27-28-39-72-78(61(11,12)13,48-32-23-18-24-33-48)49-34-25-19-26-35-49)40-46-41-47(76-77(14,68)69)36-38-62(46)53-52(75-56(66)60(8,9)10)51(74-55(65)59(5,6)7)50(43-70-53)73-54(64)58(2,3)4/h17-19,21-26,29-30,32-35,45-47,50-53H,15-16,20,27-28,31,36-43H2,1-14H3/t45-,46-,47?,50+,51?,52?,53-/m0/s1. The molecule has 3 unspecified atom stereocenters. The van der Waals surface area contributed by atoms with Gasteiger partial charge in [0.05, 0.1) is 35.2 Å². The van der Waals surface area contributed by atoms with Crippen molar-refractivity contribution in [2.45, 2.75) is 202 Å². The first-order valence-corrected chi connectivity index (χ1v) is 31.8. The molecule has 0 N–H and O–H groups in total. The van der Waals surface area contributed by atoms with Crippen LogP contribution >= 0.6 is 0 Å². The van der Waals surface area contributed by atoms with Gasteiger partial charge in [0.2, 0.25) is 0 Å². The number of nitrogens with zero attached hydrogens (tertiary/aromatic N) is 2. The summed E-state index contributed by atoms with van der Waals surface area (Å²) in [5.74, 6) is -1.76. The van der Waals surface area contributed by atoms with Crippen molar-refractivity contribution in [1.82, 2.24) is 9.80 Å². The molecule has 0 bridgehead atoms. The van der Waals surface area contributed by atoms with E-state index >= 15 is 0 Å². The van der Waals surface area contributed by atoms with Crippen molar-refractivity contribution in [2.75, 3.05) is 32.6 Å². The van der Waals surface area contributed by atoms with Gasteiger partial charge in [0.25, 0.3) is 18.4 Å². The van der Waals surface area contributed by atoms with Crippen LogP contribution in [0.2, 0.25) is 5.04 Å². The van der Waals surface area contributed by atoms with Gasteiger partial charge in [0, 0.05) is 31.8 Å². The molecule has 17 heteroatoms. The van der Waals surface area contributed by atoms with Gasteiger partial charge in [0.15, 0.2) is 24.5 Å². The second kappa shape index (κ2) is 27.7. The molecule has 1 amide bonds. The number of amides is 1. The Labute approximate surface area is 468 Å². The highest BCUT2D eigenvalue weighted by Gasteiger charge is 2.54. The monoisotopic (exact) mass is 1120 g/mol. The summed E-state index contributed by atoms with van der Waals surface area (Å²) in [6.45, 7) is 25.1. The van der Waals surface area contributed by atoms with E-state index < -0.39 is 101 Å². The van der Waals surface area contributed by atoms with Crippen LogP contribution in [0.3, 0.4) is 0 Å². The summed E-state index contributed by atoms with van der Waals surface area (Å²) in [7, 11) is -6.75. The molecule has 2 aliphatic heterocycles. The van der Waals surface area contributed by atoms with Crippen molar-refractivity contribution in [1.29, 1.82) is 0 Å². The molecular formula is C61H92N2O13SSi. The van der Waals surface area contributed by atoms with Crippen molar-refractivity contribution in [3.8, 4) is 0 Å². The molecule has 0 radical (unpaired) electrons. The minimum absolute atomic E-state index is 0.0566. The Kier molecular flexibility index (Phi) is 22.8. The lowest BCUT2D eigenvalue weighted by molar-refractivity contribution is -0.264. The molecule has 2 heterocycles. The zero-order valence-electron chi connectivity index (χ0n) is 49.2. The van der Waals surface area contributed by atoms with E-state index in [9.17, 15) is 27.6 Å². The molecule has 15 nitrogen and oxygen atoms in total. The Balaban J connectivity index is 1.56. The van der Waals surface area contributed by atoms with Gasteiger partial charge in [-0.3, -0.25) is 23.5 Å². The first-order chi connectivity index (χ1) is 36.5. The maximum Gasteiger partial charge on any atom is 0.410 e. The summed E-state index contributed by atoms with van der Waals surface area (Å²) in [6, 6.07) is 29.5. The van der Waals surface area contributed by atoms with Gasteiger partial charge in [-0.15, -0.1) is 0 Å². The van der Waals surface area contributed by atoms with Crippen LogP contribution in [-0.2, 0) is 63.4 Å². The fraction of sp³-hybridized carbons (Fsp3) is 0.639. The van der Waals surface area contributed by atoms with Crippen LogP contribution in [0.1, 0.15) is 153 Å². The van der Waals surface area contributed by atoms with Crippen molar-refractivity contribution in [3.63, 3.8) is 0 Å². The third kappa shape index (κ3) is 17.9. The molecule has 3 aromatic carbocycles. The van der Waals surface area contributed by atoms with Gasteiger partial charge in [0.1, 0.15) is 6.61 Å². The Morgan fingerprint density at radius 3 is 1.74 bits per heavy atom. The van der Waals surface area contributed by atoms with Gasteiger partial charge >= 0.3 is 24.0 Å². The largest absolute Gasteiger partial charge is 0.455 e. The van der Waals surface area contributed by atoms with Crippen LogP contribution in [0, 0.1) is 16.2 Å². The number of hydrogen-bond acceptors (Lipinski definition) is 14. The highest BCUT2D eigenvalue weighted by molar-refractivity contribution is 7.86. The molecule has 0 spiro atoms. The Morgan fingerprint density at radius 2 is 1.23 bits per heavy atom. The molecular weight excluding hydrogens is 1030 g/mol. The highest BCUT2D eigenvalue weighted by atomic mass is 32.2. The third-order valence-electron chi connectivity index (χ3n) is 14.4. The molecule has 3 aromatic rings. The predicted molar refractivity (Wildman–Crippen MR) is 306 cm³/mol. The molecule has 2 saturated heterocycles. The van der Waals surface area contributed by atoms with Crippen LogP contribution < -0.4 is 10.4 Å². The van der Waals surface area contributed by atoms with Crippen LogP contribution in [0.4, 0.5) is 4.79 Å². The minimum atomic E-state index is -3.90. The van der Waals surface area contributed by atoms with Gasteiger partial charge < -0.3 is 33.0 Å². The summed E-state index contributed by atoms with van der Waals surface area (Å²) >= 11 is 0. The van der Waals surface area contributed by atoms with E-state index in [-0.39, 0.29) is 37.6 Å². The molecule has 2 aliphatic rings.